The monoisotopic (exact) mass is 257 g/mol. The Morgan fingerprint density at radius 1 is 1.33 bits per heavy atom. The van der Waals surface area contributed by atoms with Gasteiger partial charge in [0.2, 0.25) is 5.82 Å². The second-order valence-electron chi connectivity index (χ2n) is 4.19. The number of anilines is 1. The predicted octanol–water partition coefficient (Wildman–Crippen LogP) is 3.44. The highest BCUT2D eigenvalue weighted by Crippen LogP contribution is 2.32. The van der Waals surface area contributed by atoms with Crippen LogP contribution in [0.1, 0.15) is 25.6 Å². The van der Waals surface area contributed by atoms with Crippen LogP contribution in [-0.2, 0) is 12.7 Å². The average Bonchev–Trinajstić information content (AvgIpc) is 2.63. The Kier molecular flexibility index (Phi) is 3.19. The van der Waals surface area contributed by atoms with Gasteiger partial charge in [0.15, 0.2) is 0 Å². The number of benzene rings is 1. The summed E-state index contributed by atoms with van der Waals surface area (Å²) in [7, 11) is 0. The first-order valence-corrected chi connectivity index (χ1v) is 5.76. The van der Waals surface area contributed by atoms with Gasteiger partial charge in [-0.3, -0.25) is 0 Å². The molecule has 0 atom stereocenters. The van der Waals surface area contributed by atoms with Gasteiger partial charge in [-0.05, 0) is 24.6 Å². The molecule has 0 bridgehead atoms. The summed E-state index contributed by atoms with van der Waals surface area (Å²) in [5.41, 5.74) is 6.74. The van der Waals surface area contributed by atoms with Crippen LogP contribution in [0, 0.1) is 0 Å². The maximum atomic E-state index is 12.9. The van der Waals surface area contributed by atoms with Gasteiger partial charge in [0.1, 0.15) is 0 Å². The molecule has 6 heteroatoms. The lowest BCUT2D eigenvalue weighted by Crippen LogP contribution is -2.15. The number of nitrogens with two attached hydrogens (primary N) is 1. The van der Waals surface area contributed by atoms with E-state index in [0.29, 0.717) is 29.7 Å². The van der Waals surface area contributed by atoms with Gasteiger partial charge in [0, 0.05) is 12.2 Å². The van der Waals surface area contributed by atoms with Crippen LogP contribution in [0.4, 0.5) is 18.9 Å². The summed E-state index contributed by atoms with van der Waals surface area (Å²) in [5, 5.41) is 0. The molecular formula is C12H14F3N3. The van der Waals surface area contributed by atoms with Crippen LogP contribution in [0.5, 0.6) is 0 Å². The largest absolute Gasteiger partial charge is 0.449 e. The third-order valence-electron chi connectivity index (χ3n) is 2.76. The summed E-state index contributed by atoms with van der Waals surface area (Å²) < 4.78 is 39.9. The average molecular weight is 257 g/mol. The first-order valence-electron chi connectivity index (χ1n) is 5.76. The summed E-state index contributed by atoms with van der Waals surface area (Å²) in [4.78, 5) is 3.66. The minimum atomic E-state index is -4.44. The molecule has 0 aliphatic heterocycles. The fraction of sp³-hybridized carbons (Fsp3) is 0.417. The van der Waals surface area contributed by atoms with Crippen molar-refractivity contribution in [1.82, 2.24) is 9.55 Å². The van der Waals surface area contributed by atoms with Gasteiger partial charge in [-0.25, -0.2) is 4.98 Å². The normalized spacial score (nSPS) is 12.2. The van der Waals surface area contributed by atoms with Gasteiger partial charge in [-0.15, -0.1) is 0 Å². The van der Waals surface area contributed by atoms with Gasteiger partial charge >= 0.3 is 6.18 Å². The zero-order valence-electron chi connectivity index (χ0n) is 9.96. The maximum Gasteiger partial charge on any atom is 0.449 e. The number of fused-ring (bicyclic) bond motifs is 1. The minimum absolute atomic E-state index is 0.290. The number of aromatic nitrogens is 2. The molecule has 0 aliphatic rings. The number of imidazole rings is 1. The molecule has 2 N–H and O–H groups in total. The molecule has 0 saturated carbocycles. The summed E-state index contributed by atoms with van der Waals surface area (Å²) in [6.07, 6.45) is -2.94. The number of nitrogens with zero attached hydrogens (tertiary/aromatic N) is 2. The first-order chi connectivity index (χ1) is 8.43. The van der Waals surface area contributed by atoms with E-state index in [0.717, 1.165) is 6.42 Å². The zero-order valence-corrected chi connectivity index (χ0v) is 9.96. The molecular weight excluding hydrogens is 243 g/mol. The van der Waals surface area contributed by atoms with E-state index in [4.69, 9.17) is 5.73 Å². The van der Waals surface area contributed by atoms with Crippen molar-refractivity contribution in [2.45, 2.75) is 32.5 Å². The summed E-state index contributed by atoms with van der Waals surface area (Å²) in [6, 6.07) is 4.64. The standard InChI is InChI=1S/C12H14F3N3/c1-2-3-6-18-10-5-4-8(16)7-9(10)17-11(18)12(13,14)15/h4-5,7H,2-3,6,16H2,1H3. The second-order valence-corrected chi connectivity index (χ2v) is 4.19. The lowest BCUT2D eigenvalue weighted by molar-refractivity contribution is -0.146. The number of aryl methyl sites for hydroxylation is 1. The highest BCUT2D eigenvalue weighted by molar-refractivity contribution is 5.79. The molecule has 1 aromatic heterocycles. The van der Waals surface area contributed by atoms with Crippen molar-refractivity contribution in [3.05, 3.63) is 24.0 Å². The number of alkyl halides is 3. The molecule has 1 aromatic carbocycles. The Hall–Kier alpha value is -1.72. The van der Waals surface area contributed by atoms with Crippen LogP contribution in [0.3, 0.4) is 0 Å². The molecule has 0 aliphatic carbocycles. The smallest absolute Gasteiger partial charge is 0.399 e. The van der Waals surface area contributed by atoms with Gasteiger partial charge in [0.05, 0.1) is 11.0 Å². The van der Waals surface area contributed by atoms with Crippen LogP contribution < -0.4 is 5.73 Å². The van der Waals surface area contributed by atoms with Crippen molar-refractivity contribution in [3.63, 3.8) is 0 Å². The van der Waals surface area contributed by atoms with Crippen molar-refractivity contribution in [1.29, 1.82) is 0 Å². The van der Waals surface area contributed by atoms with Crippen LogP contribution >= 0.6 is 0 Å². The summed E-state index contributed by atoms with van der Waals surface area (Å²) in [5.74, 6) is -0.850. The van der Waals surface area contributed by atoms with E-state index in [1.54, 1.807) is 12.1 Å². The number of rotatable bonds is 3. The van der Waals surface area contributed by atoms with Gasteiger partial charge in [-0.2, -0.15) is 13.2 Å². The Morgan fingerprint density at radius 3 is 2.67 bits per heavy atom. The van der Waals surface area contributed by atoms with Crippen LogP contribution in [0.15, 0.2) is 18.2 Å². The molecule has 0 unspecified atom stereocenters. The van der Waals surface area contributed by atoms with Gasteiger partial charge in [-0.1, -0.05) is 13.3 Å². The molecule has 0 radical (unpaired) electrons. The van der Waals surface area contributed by atoms with E-state index < -0.39 is 12.0 Å². The molecule has 2 rings (SSSR count). The number of unbranched alkanes of at least 4 members (excludes halogenated alkanes) is 1. The van der Waals surface area contributed by atoms with Gasteiger partial charge in [0.25, 0.3) is 0 Å². The number of halogens is 3. The minimum Gasteiger partial charge on any atom is -0.399 e. The van der Waals surface area contributed by atoms with Crippen molar-refractivity contribution in [3.8, 4) is 0 Å². The fourth-order valence-corrected chi connectivity index (χ4v) is 1.91. The van der Waals surface area contributed by atoms with E-state index in [2.05, 4.69) is 4.98 Å². The SMILES string of the molecule is CCCCn1c(C(F)(F)F)nc2cc(N)ccc21. The fourth-order valence-electron chi connectivity index (χ4n) is 1.91. The number of hydrogen-bond acceptors (Lipinski definition) is 2. The molecule has 0 spiro atoms. The van der Waals surface area contributed by atoms with E-state index in [9.17, 15) is 13.2 Å². The van der Waals surface area contributed by atoms with Crippen molar-refractivity contribution >= 4 is 16.7 Å². The van der Waals surface area contributed by atoms with E-state index >= 15 is 0 Å². The highest BCUT2D eigenvalue weighted by atomic mass is 19.4. The molecule has 0 saturated heterocycles. The molecule has 18 heavy (non-hydrogen) atoms. The topological polar surface area (TPSA) is 43.8 Å². The van der Waals surface area contributed by atoms with Crippen LogP contribution in [0.2, 0.25) is 0 Å². The Balaban J connectivity index is 2.60. The quantitative estimate of drug-likeness (QED) is 0.856. The lowest BCUT2D eigenvalue weighted by atomic mass is 10.2. The summed E-state index contributed by atoms with van der Waals surface area (Å²) in [6.45, 7) is 2.25. The molecule has 3 nitrogen and oxygen atoms in total. The third kappa shape index (κ3) is 2.27. The molecule has 2 aromatic rings. The van der Waals surface area contributed by atoms with E-state index in [1.807, 2.05) is 6.92 Å². The molecule has 0 fully saturated rings. The number of nitrogen functional groups attached to an aromatic ring is 1. The van der Waals surface area contributed by atoms with Crippen LogP contribution in [-0.4, -0.2) is 9.55 Å². The zero-order chi connectivity index (χ0) is 13.3. The molecule has 98 valence electrons. The predicted molar refractivity (Wildman–Crippen MR) is 64.1 cm³/mol. The van der Waals surface area contributed by atoms with Crippen molar-refractivity contribution in [2.75, 3.05) is 5.73 Å². The number of hydrogen-bond donors (Lipinski definition) is 1. The Bertz CT molecular complexity index is 557. The molecule has 0 amide bonds. The third-order valence-corrected chi connectivity index (χ3v) is 2.76. The molecule has 1 heterocycles. The summed E-state index contributed by atoms with van der Waals surface area (Å²) >= 11 is 0. The lowest BCUT2D eigenvalue weighted by Gasteiger charge is -2.10. The van der Waals surface area contributed by atoms with Crippen molar-refractivity contribution in [2.24, 2.45) is 0 Å². The second kappa shape index (κ2) is 4.51. The van der Waals surface area contributed by atoms with Crippen molar-refractivity contribution < 1.29 is 13.2 Å². The van der Waals surface area contributed by atoms with E-state index in [1.165, 1.54) is 10.6 Å². The maximum absolute atomic E-state index is 12.9. The highest BCUT2D eigenvalue weighted by Gasteiger charge is 2.37. The van der Waals surface area contributed by atoms with E-state index in [-0.39, 0.29) is 0 Å². The Labute approximate surface area is 102 Å². The Morgan fingerprint density at radius 2 is 2.06 bits per heavy atom. The first kappa shape index (κ1) is 12.7. The van der Waals surface area contributed by atoms with Crippen LogP contribution in [0.25, 0.3) is 11.0 Å². The van der Waals surface area contributed by atoms with Gasteiger partial charge < -0.3 is 10.3 Å².